The van der Waals surface area contributed by atoms with Crippen molar-refractivity contribution in [2.45, 2.75) is 0 Å². The van der Waals surface area contributed by atoms with Gasteiger partial charge in [0.2, 0.25) is 0 Å². The van der Waals surface area contributed by atoms with Crippen molar-refractivity contribution in [2.75, 3.05) is 31.2 Å². The Balaban J connectivity index is 2.90. The summed E-state index contributed by atoms with van der Waals surface area (Å²) in [5.41, 5.74) is -0.168. The number of rotatable bonds is 6. The maximum Gasteiger partial charge on any atom is 0.356 e. The molecule has 0 fully saturated rings. The molecule has 88 valence electrons. The van der Waals surface area contributed by atoms with Crippen LogP contribution < -0.4 is 4.90 Å². The van der Waals surface area contributed by atoms with E-state index >= 15 is 0 Å². The molecule has 0 bridgehead atoms. The van der Waals surface area contributed by atoms with Crippen LogP contribution in [0.25, 0.3) is 0 Å². The maximum atomic E-state index is 10.7. The minimum absolute atomic E-state index is 0.112. The zero-order chi connectivity index (χ0) is 12.0. The van der Waals surface area contributed by atoms with E-state index in [4.69, 9.17) is 15.3 Å². The van der Waals surface area contributed by atoms with Gasteiger partial charge in [-0.25, -0.2) is 9.78 Å². The Labute approximate surface area is 92.0 Å². The van der Waals surface area contributed by atoms with E-state index in [1.54, 1.807) is 4.90 Å². The Morgan fingerprint density at radius 3 is 2.38 bits per heavy atom. The molecule has 7 nitrogen and oxygen atoms in total. The lowest BCUT2D eigenvalue weighted by atomic mass is 10.4. The fourth-order valence-corrected chi connectivity index (χ4v) is 1.19. The largest absolute Gasteiger partial charge is 0.476 e. The van der Waals surface area contributed by atoms with E-state index in [1.807, 2.05) is 0 Å². The molecule has 1 rings (SSSR count). The Bertz CT molecular complexity index is 352. The van der Waals surface area contributed by atoms with Crippen LogP contribution in [0, 0.1) is 0 Å². The minimum atomic E-state index is -1.16. The summed E-state index contributed by atoms with van der Waals surface area (Å²) in [7, 11) is 0. The third-order valence-corrected chi connectivity index (χ3v) is 1.90. The highest BCUT2D eigenvalue weighted by Crippen LogP contribution is 2.08. The van der Waals surface area contributed by atoms with Crippen LogP contribution in [0.4, 0.5) is 5.82 Å². The number of hydrogen-bond donors (Lipinski definition) is 3. The summed E-state index contributed by atoms with van der Waals surface area (Å²) in [4.78, 5) is 19.8. The zero-order valence-electron chi connectivity index (χ0n) is 8.57. The Morgan fingerprint density at radius 1 is 1.25 bits per heavy atom. The van der Waals surface area contributed by atoms with Gasteiger partial charge in [0.15, 0.2) is 5.69 Å². The van der Waals surface area contributed by atoms with Crippen LogP contribution in [0.2, 0.25) is 0 Å². The smallest absolute Gasteiger partial charge is 0.356 e. The summed E-state index contributed by atoms with van der Waals surface area (Å²) < 4.78 is 0. The molecule has 1 heterocycles. The monoisotopic (exact) mass is 227 g/mol. The van der Waals surface area contributed by atoms with Crippen LogP contribution in [0.5, 0.6) is 0 Å². The second-order valence-corrected chi connectivity index (χ2v) is 3.00. The van der Waals surface area contributed by atoms with Gasteiger partial charge in [0.25, 0.3) is 0 Å². The van der Waals surface area contributed by atoms with Crippen LogP contribution in [0.1, 0.15) is 10.5 Å². The van der Waals surface area contributed by atoms with Crippen molar-refractivity contribution in [3.8, 4) is 0 Å². The number of nitrogens with zero attached hydrogens (tertiary/aromatic N) is 3. The van der Waals surface area contributed by atoms with E-state index in [0.29, 0.717) is 5.82 Å². The number of aromatic nitrogens is 2. The van der Waals surface area contributed by atoms with Gasteiger partial charge in [0, 0.05) is 13.1 Å². The highest BCUT2D eigenvalue weighted by atomic mass is 16.4. The van der Waals surface area contributed by atoms with Gasteiger partial charge < -0.3 is 20.2 Å². The van der Waals surface area contributed by atoms with E-state index in [9.17, 15) is 4.79 Å². The number of carbonyl (C=O) groups is 1. The molecule has 0 aliphatic carbocycles. The first-order valence-corrected chi connectivity index (χ1v) is 4.71. The molecule has 0 aliphatic heterocycles. The van der Waals surface area contributed by atoms with E-state index < -0.39 is 5.97 Å². The third kappa shape index (κ3) is 3.14. The lowest BCUT2D eigenvalue weighted by Crippen LogP contribution is -2.30. The van der Waals surface area contributed by atoms with Gasteiger partial charge in [0.1, 0.15) is 5.82 Å². The topological polar surface area (TPSA) is 107 Å². The minimum Gasteiger partial charge on any atom is -0.476 e. The number of aliphatic hydroxyl groups is 2. The molecule has 0 unspecified atom stereocenters. The molecular weight excluding hydrogens is 214 g/mol. The molecule has 0 radical (unpaired) electrons. The molecule has 16 heavy (non-hydrogen) atoms. The van der Waals surface area contributed by atoms with Crippen LogP contribution in [-0.2, 0) is 0 Å². The first kappa shape index (κ1) is 12.3. The molecule has 0 aliphatic rings. The Morgan fingerprint density at radius 2 is 1.88 bits per heavy atom. The van der Waals surface area contributed by atoms with Gasteiger partial charge in [0.05, 0.1) is 25.6 Å². The highest BCUT2D eigenvalue weighted by Gasteiger charge is 2.11. The molecule has 0 aromatic carbocycles. The quantitative estimate of drug-likeness (QED) is 0.570. The van der Waals surface area contributed by atoms with Crippen molar-refractivity contribution in [1.82, 2.24) is 9.97 Å². The second-order valence-electron chi connectivity index (χ2n) is 3.00. The SMILES string of the molecule is O=C(O)c1cncc(N(CCO)CCO)n1. The van der Waals surface area contributed by atoms with Gasteiger partial charge in [-0.2, -0.15) is 0 Å². The molecule has 0 saturated heterocycles. The summed E-state index contributed by atoms with van der Waals surface area (Å²) in [5, 5.41) is 26.4. The first-order valence-electron chi connectivity index (χ1n) is 4.71. The molecule has 0 atom stereocenters. The third-order valence-electron chi connectivity index (χ3n) is 1.90. The Kier molecular flexibility index (Phi) is 4.62. The summed E-state index contributed by atoms with van der Waals surface area (Å²) in [6.45, 7) is 0.300. The van der Waals surface area contributed by atoms with Crippen LogP contribution >= 0.6 is 0 Å². The number of aliphatic hydroxyl groups excluding tert-OH is 2. The molecular formula is C9H13N3O4. The molecule has 0 spiro atoms. The van der Waals surface area contributed by atoms with Gasteiger partial charge in [-0.15, -0.1) is 0 Å². The summed E-state index contributed by atoms with van der Waals surface area (Å²) >= 11 is 0. The van der Waals surface area contributed by atoms with Gasteiger partial charge in [-0.1, -0.05) is 0 Å². The summed E-state index contributed by atoms with van der Waals surface area (Å²) in [6, 6.07) is 0. The van der Waals surface area contributed by atoms with Crippen molar-refractivity contribution in [2.24, 2.45) is 0 Å². The fraction of sp³-hybridized carbons (Fsp3) is 0.444. The average Bonchev–Trinajstić information content (AvgIpc) is 2.29. The number of carboxylic acid groups (broad SMARTS) is 1. The molecule has 1 aromatic heterocycles. The van der Waals surface area contributed by atoms with Crippen LogP contribution in [0.15, 0.2) is 12.4 Å². The van der Waals surface area contributed by atoms with E-state index in [1.165, 1.54) is 6.20 Å². The van der Waals surface area contributed by atoms with Crippen molar-refractivity contribution < 1.29 is 20.1 Å². The van der Waals surface area contributed by atoms with E-state index in [0.717, 1.165) is 6.20 Å². The fourth-order valence-electron chi connectivity index (χ4n) is 1.19. The van der Waals surface area contributed by atoms with Crippen LogP contribution in [-0.4, -0.2) is 57.6 Å². The summed E-state index contributed by atoms with van der Waals surface area (Å²) in [6.07, 6.45) is 2.53. The maximum absolute atomic E-state index is 10.7. The number of hydrogen-bond acceptors (Lipinski definition) is 6. The van der Waals surface area contributed by atoms with Crippen LogP contribution in [0.3, 0.4) is 0 Å². The van der Waals surface area contributed by atoms with Crippen molar-refractivity contribution >= 4 is 11.8 Å². The predicted octanol–water partition coefficient (Wildman–Crippen LogP) is -1.03. The van der Waals surface area contributed by atoms with Crippen molar-refractivity contribution in [3.05, 3.63) is 18.1 Å². The number of anilines is 1. The second kappa shape index (κ2) is 5.99. The lowest BCUT2D eigenvalue weighted by Gasteiger charge is -2.21. The standard InChI is InChI=1S/C9H13N3O4/c13-3-1-12(2-4-14)8-6-10-5-7(11-8)9(15)16/h5-6,13-14H,1-4H2,(H,15,16). The van der Waals surface area contributed by atoms with E-state index in [2.05, 4.69) is 9.97 Å². The number of carboxylic acids is 1. The highest BCUT2D eigenvalue weighted by molar-refractivity contribution is 5.85. The first-order chi connectivity index (χ1) is 7.69. The lowest BCUT2D eigenvalue weighted by molar-refractivity contribution is 0.0690. The van der Waals surface area contributed by atoms with Crippen molar-refractivity contribution in [3.63, 3.8) is 0 Å². The Hall–Kier alpha value is -1.73. The predicted molar refractivity (Wildman–Crippen MR) is 55.4 cm³/mol. The number of aromatic carboxylic acids is 1. The van der Waals surface area contributed by atoms with E-state index in [-0.39, 0.29) is 32.0 Å². The van der Waals surface area contributed by atoms with Crippen molar-refractivity contribution in [1.29, 1.82) is 0 Å². The van der Waals surface area contributed by atoms with Gasteiger partial charge in [-0.05, 0) is 0 Å². The normalized spacial score (nSPS) is 10.1. The molecule has 7 heteroatoms. The van der Waals surface area contributed by atoms with Gasteiger partial charge in [-0.3, -0.25) is 4.98 Å². The molecule has 0 saturated carbocycles. The van der Waals surface area contributed by atoms with Gasteiger partial charge >= 0.3 is 5.97 Å². The molecule has 3 N–H and O–H groups in total. The molecule has 1 aromatic rings. The zero-order valence-corrected chi connectivity index (χ0v) is 8.57. The summed E-state index contributed by atoms with van der Waals surface area (Å²) in [5.74, 6) is -0.842. The average molecular weight is 227 g/mol. The molecule has 0 amide bonds.